The van der Waals surface area contributed by atoms with Gasteiger partial charge < -0.3 is 14.4 Å². The van der Waals surface area contributed by atoms with E-state index in [2.05, 4.69) is 16.6 Å². The molecule has 0 atom stereocenters. The number of esters is 1. The molecule has 1 aromatic rings. The van der Waals surface area contributed by atoms with E-state index >= 15 is 0 Å². The van der Waals surface area contributed by atoms with Gasteiger partial charge in [-0.1, -0.05) is 13.0 Å². The van der Waals surface area contributed by atoms with Gasteiger partial charge in [0.1, 0.15) is 12.4 Å². The summed E-state index contributed by atoms with van der Waals surface area (Å²) in [4.78, 5) is 17.6. The second kappa shape index (κ2) is 7.53. The van der Waals surface area contributed by atoms with Crippen molar-refractivity contribution in [3.8, 4) is 5.88 Å². The number of hydrogen-bond donors (Lipinski definition) is 0. The fraction of sp³-hybridized carbons (Fsp3) is 0.538. The molecule has 1 heterocycles. The van der Waals surface area contributed by atoms with Crippen LogP contribution in [-0.4, -0.2) is 37.8 Å². The van der Waals surface area contributed by atoms with Crippen LogP contribution in [0.15, 0.2) is 18.2 Å². The number of rotatable bonds is 7. The Balaban J connectivity index is 2.83. The normalized spacial score (nSPS) is 9.94. The lowest BCUT2D eigenvalue weighted by atomic mass is 10.3. The molecule has 0 aliphatic rings. The van der Waals surface area contributed by atoms with Gasteiger partial charge in [-0.2, -0.15) is 4.98 Å². The predicted octanol–water partition coefficient (Wildman–Crippen LogP) is 1.87. The maximum absolute atomic E-state index is 11.4. The average molecular weight is 252 g/mol. The summed E-state index contributed by atoms with van der Waals surface area (Å²) in [5, 5.41) is 0. The summed E-state index contributed by atoms with van der Waals surface area (Å²) in [6, 6.07) is 5.53. The van der Waals surface area contributed by atoms with E-state index in [-0.39, 0.29) is 12.5 Å². The number of carbonyl (C=O) groups excluding carboxylic acids is 1. The second-order valence-electron chi connectivity index (χ2n) is 3.76. The molecule has 0 aliphatic heterocycles. The Morgan fingerprint density at radius 2 is 2.17 bits per heavy atom. The molecular weight excluding hydrogens is 232 g/mol. The molecule has 0 fully saturated rings. The summed E-state index contributed by atoms with van der Waals surface area (Å²) in [5.41, 5.74) is 0. The third-order valence-corrected chi connectivity index (χ3v) is 2.37. The molecule has 0 amide bonds. The third kappa shape index (κ3) is 4.24. The van der Waals surface area contributed by atoms with E-state index in [0.29, 0.717) is 12.5 Å². The Morgan fingerprint density at radius 3 is 2.78 bits per heavy atom. The molecule has 100 valence electrons. The standard InChI is InChI=1S/C13H20N2O3/c1-4-9-15(10-13(16)17-3)11-7-6-8-12(14-11)18-5-2/h6-8H,4-5,9-10H2,1-3H3. The van der Waals surface area contributed by atoms with Gasteiger partial charge in [-0.05, 0) is 19.4 Å². The lowest BCUT2D eigenvalue weighted by Gasteiger charge is -2.22. The van der Waals surface area contributed by atoms with Gasteiger partial charge in [0, 0.05) is 12.6 Å². The number of hydrogen-bond acceptors (Lipinski definition) is 5. The van der Waals surface area contributed by atoms with Crippen LogP contribution in [0.1, 0.15) is 20.3 Å². The van der Waals surface area contributed by atoms with Crippen molar-refractivity contribution in [2.24, 2.45) is 0 Å². The first-order chi connectivity index (χ1) is 8.71. The number of ether oxygens (including phenoxy) is 2. The van der Waals surface area contributed by atoms with Crippen LogP contribution >= 0.6 is 0 Å². The highest BCUT2D eigenvalue weighted by atomic mass is 16.5. The van der Waals surface area contributed by atoms with E-state index in [1.807, 2.05) is 24.0 Å². The summed E-state index contributed by atoms with van der Waals surface area (Å²) in [6.45, 7) is 5.48. The maximum Gasteiger partial charge on any atom is 0.325 e. The molecule has 5 nitrogen and oxygen atoms in total. The molecule has 0 N–H and O–H groups in total. The van der Waals surface area contributed by atoms with Crippen LogP contribution in [0.4, 0.5) is 5.82 Å². The Hall–Kier alpha value is -1.78. The molecule has 0 unspecified atom stereocenters. The number of carbonyl (C=O) groups is 1. The predicted molar refractivity (Wildman–Crippen MR) is 69.9 cm³/mol. The number of methoxy groups -OCH3 is 1. The molecular formula is C13H20N2O3. The first-order valence-corrected chi connectivity index (χ1v) is 6.12. The van der Waals surface area contributed by atoms with E-state index in [9.17, 15) is 4.79 Å². The minimum atomic E-state index is -0.271. The van der Waals surface area contributed by atoms with Crippen molar-refractivity contribution in [2.45, 2.75) is 20.3 Å². The lowest BCUT2D eigenvalue weighted by molar-refractivity contribution is -0.138. The van der Waals surface area contributed by atoms with Gasteiger partial charge in [-0.25, -0.2) is 0 Å². The molecule has 1 aromatic heterocycles. The van der Waals surface area contributed by atoms with E-state index < -0.39 is 0 Å². The SMILES string of the molecule is CCCN(CC(=O)OC)c1cccc(OCC)n1. The number of nitrogens with zero attached hydrogens (tertiary/aromatic N) is 2. The van der Waals surface area contributed by atoms with Crippen LogP contribution in [0, 0.1) is 0 Å². The molecule has 5 heteroatoms. The monoisotopic (exact) mass is 252 g/mol. The lowest BCUT2D eigenvalue weighted by Crippen LogP contribution is -2.31. The van der Waals surface area contributed by atoms with Crippen molar-refractivity contribution in [3.05, 3.63) is 18.2 Å². The van der Waals surface area contributed by atoms with Crippen molar-refractivity contribution in [1.29, 1.82) is 0 Å². The van der Waals surface area contributed by atoms with E-state index in [1.54, 1.807) is 6.07 Å². The van der Waals surface area contributed by atoms with Crippen molar-refractivity contribution in [1.82, 2.24) is 4.98 Å². The zero-order valence-corrected chi connectivity index (χ0v) is 11.2. The van der Waals surface area contributed by atoms with E-state index in [0.717, 1.165) is 18.8 Å². The zero-order chi connectivity index (χ0) is 13.4. The molecule has 0 saturated heterocycles. The van der Waals surface area contributed by atoms with Crippen molar-refractivity contribution >= 4 is 11.8 Å². The summed E-state index contributed by atoms with van der Waals surface area (Å²) in [6.07, 6.45) is 0.928. The van der Waals surface area contributed by atoms with Crippen LogP contribution in [0.2, 0.25) is 0 Å². The molecule has 0 bridgehead atoms. The molecule has 0 aliphatic carbocycles. The highest BCUT2D eigenvalue weighted by Gasteiger charge is 2.12. The second-order valence-corrected chi connectivity index (χ2v) is 3.76. The molecule has 0 aromatic carbocycles. The highest BCUT2D eigenvalue weighted by Crippen LogP contribution is 2.16. The number of pyridine rings is 1. The van der Waals surface area contributed by atoms with Crippen LogP contribution in [-0.2, 0) is 9.53 Å². The molecule has 0 radical (unpaired) electrons. The van der Waals surface area contributed by atoms with Gasteiger partial charge in [0.05, 0.1) is 13.7 Å². The van der Waals surface area contributed by atoms with Gasteiger partial charge in [0.15, 0.2) is 0 Å². The fourth-order valence-electron chi connectivity index (χ4n) is 1.57. The van der Waals surface area contributed by atoms with E-state index in [1.165, 1.54) is 7.11 Å². The maximum atomic E-state index is 11.4. The Morgan fingerprint density at radius 1 is 1.39 bits per heavy atom. The Bertz CT molecular complexity index is 382. The van der Waals surface area contributed by atoms with Gasteiger partial charge in [0.25, 0.3) is 0 Å². The van der Waals surface area contributed by atoms with Gasteiger partial charge >= 0.3 is 5.97 Å². The number of aromatic nitrogens is 1. The van der Waals surface area contributed by atoms with Crippen LogP contribution in [0.5, 0.6) is 5.88 Å². The quantitative estimate of drug-likeness (QED) is 0.693. The topological polar surface area (TPSA) is 51.7 Å². The van der Waals surface area contributed by atoms with Crippen LogP contribution in [0.25, 0.3) is 0 Å². The molecule has 18 heavy (non-hydrogen) atoms. The number of anilines is 1. The van der Waals surface area contributed by atoms with Crippen molar-refractivity contribution in [2.75, 3.05) is 31.7 Å². The van der Waals surface area contributed by atoms with Crippen molar-refractivity contribution in [3.63, 3.8) is 0 Å². The first-order valence-electron chi connectivity index (χ1n) is 6.12. The smallest absolute Gasteiger partial charge is 0.325 e. The summed E-state index contributed by atoms with van der Waals surface area (Å²) in [7, 11) is 1.39. The van der Waals surface area contributed by atoms with Gasteiger partial charge in [-0.3, -0.25) is 4.79 Å². The Labute approximate surface area is 108 Å². The summed E-state index contributed by atoms with van der Waals surface area (Å²) in [5.74, 6) is 1.03. The van der Waals surface area contributed by atoms with E-state index in [4.69, 9.17) is 4.74 Å². The first kappa shape index (κ1) is 14.3. The minimum absolute atomic E-state index is 0.201. The minimum Gasteiger partial charge on any atom is -0.478 e. The Kier molecular flexibility index (Phi) is 5.97. The van der Waals surface area contributed by atoms with Crippen LogP contribution in [0.3, 0.4) is 0 Å². The van der Waals surface area contributed by atoms with Gasteiger partial charge in [-0.15, -0.1) is 0 Å². The van der Waals surface area contributed by atoms with Gasteiger partial charge in [0.2, 0.25) is 5.88 Å². The zero-order valence-electron chi connectivity index (χ0n) is 11.2. The van der Waals surface area contributed by atoms with Crippen molar-refractivity contribution < 1.29 is 14.3 Å². The molecule has 0 spiro atoms. The molecule has 1 rings (SSSR count). The fourth-order valence-corrected chi connectivity index (χ4v) is 1.57. The summed E-state index contributed by atoms with van der Waals surface area (Å²) < 4.78 is 10.0. The highest BCUT2D eigenvalue weighted by molar-refractivity contribution is 5.75. The summed E-state index contributed by atoms with van der Waals surface area (Å²) >= 11 is 0. The molecule has 0 saturated carbocycles. The third-order valence-electron chi connectivity index (χ3n) is 2.37. The van der Waals surface area contributed by atoms with Crippen LogP contribution < -0.4 is 9.64 Å². The largest absolute Gasteiger partial charge is 0.478 e. The average Bonchev–Trinajstić information content (AvgIpc) is 2.39.